The third kappa shape index (κ3) is 3.68. The molecule has 0 aromatic rings. The van der Waals surface area contributed by atoms with Gasteiger partial charge in [0.15, 0.2) is 0 Å². The summed E-state index contributed by atoms with van der Waals surface area (Å²) in [7, 11) is 1.84. The molecule has 0 radical (unpaired) electrons. The van der Waals surface area contributed by atoms with Crippen LogP contribution in [-0.2, 0) is 9.53 Å². The predicted octanol–water partition coefficient (Wildman–Crippen LogP) is 0.278. The molecule has 3 N–H and O–H groups in total. The monoisotopic (exact) mass is 270 g/mol. The highest BCUT2D eigenvalue weighted by atomic mass is 16.5. The first-order chi connectivity index (χ1) is 9.04. The smallest absolute Gasteiger partial charge is 0.227 e. The van der Waals surface area contributed by atoms with E-state index in [4.69, 9.17) is 4.74 Å². The van der Waals surface area contributed by atoms with Crippen LogP contribution in [0.4, 0.5) is 0 Å². The average Bonchev–Trinajstić information content (AvgIpc) is 2.84. The summed E-state index contributed by atoms with van der Waals surface area (Å²) in [6.07, 6.45) is 3.78. The van der Waals surface area contributed by atoms with Gasteiger partial charge < -0.3 is 20.5 Å². The first-order valence-electron chi connectivity index (χ1n) is 7.29. The second-order valence-electron chi connectivity index (χ2n) is 6.18. The largest absolute Gasteiger partial charge is 0.388 e. The van der Waals surface area contributed by atoms with E-state index >= 15 is 0 Å². The molecule has 5 nitrogen and oxygen atoms in total. The van der Waals surface area contributed by atoms with Crippen molar-refractivity contribution < 1.29 is 14.6 Å². The zero-order valence-electron chi connectivity index (χ0n) is 11.9. The Kier molecular flexibility index (Phi) is 4.81. The molecule has 0 spiro atoms. The van der Waals surface area contributed by atoms with Crippen molar-refractivity contribution in [1.29, 1.82) is 0 Å². The third-order valence-corrected chi connectivity index (χ3v) is 4.45. The van der Waals surface area contributed by atoms with E-state index in [1.54, 1.807) is 0 Å². The number of carbonyl (C=O) groups excluding carboxylic acids is 1. The molecule has 2 fully saturated rings. The van der Waals surface area contributed by atoms with Crippen molar-refractivity contribution >= 4 is 5.91 Å². The summed E-state index contributed by atoms with van der Waals surface area (Å²) in [6, 6.07) is 0.0833. The fourth-order valence-electron chi connectivity index (χ4n) is 3.27. The molecule has 0 aromatic heterocycles. The summed E-state index contributed by atoms with van der Waals surface area (Å²) >= 11 is 0. The van der Waals surface area contributed by atoms with Crippen LogP contribution in [0.2, 0.25) is 0 Å². The fraction of sp³-hybridized carbons (Fsp3) is 0.929. The van der Waals surface area contributed by atoms with Gasteiger partial charge in [0.2, 0.25) is 5.91 Å². The quantitative estimate of drug-likeness (QED) is 0.686. The van der Waals surface area contributed by atoms with Crippen molar-refractivity contribution in [3.63, 3.8) is 0 Å². The van der Waals surface area contributed by atoms with Crippen molar-refractivity contribution in [3.8, 4) is 0 Å². The van der Waals surface area contributed by atoms with Crippen LogP contribution in [0, 0.1) is 11.8 Å². The summed E-state index contributed by atoms with van der Waals surface area (Å²) in [5.41, 5.74) is -0.720. The minimum atomic E-state index is -0.720. The molecular weight excluding hydrogens is 244 g/mol. The molecular formula is C14H26N2O3. The molecule has 19 heavy (non-hydrogen) atoms. The van der Waals surface area contributed by atoms with E-state index in [2.05, 4.69) is 17.6 Å². The fourth-order valence-corrected chi connectivity index (χ4v) is 3.27. The molecule has 1 amide bonds. The van der Waals surface area contributed by atoms with Gasteiger partial charge in [-0.2, -0.15) is 0 Å². The average molecular weight is 270 g/mol. The number of aliphatic hydroxyl groups is 1. The summed E-state index contributed by atoms with van der Waals surface area (Å²) in [6.45, 7) is 3.57. The molecule has 2 rings (SSSR count). The Morgan fingerprint density at radius 3 is 2.95 bits per heavy atom. The maximum Gasteiger partial charge on any atom is 0.227 e. The predicted molar refractivity (Wildman–Crippen MR) is 72.7 cm³/mol. The van der Waals surface area contributed by atoms with Crippen LogP contribution in [0.15, 0.2) is 0 Å². The number of amides is 1. The first kappa shape index (κ1) is 14.8. The summed E-state index contributed by atoms with van der Waals surface area (Å²) in [4.78, 5) is 12.1. The Hall–Kier alpha value is -0.650. The Bertz CT molecular complexity index is 324. The second-order valence-corrected chi connectivity index (χ2v) is 6.18. The minimum absolute atomic E-state index is 0.0106. The van der Waals surface area contributed by atoms with Crippen molar-refractivity contribution in [3.05, 3.63) is 0 Å². The van der Waals surface area contributed by atoms with Crippen LogP contribution in [0.25, 0.3) is 0 Å². The second kappa shape index (κ2) is 6.20. The van der Waals surface area contributed by atoms with Gasteiger partial charge in [0.25, 0.3) is 0 Å². The molecule has 0 aromatic carbocycles. The molecule has 0 bridgehead atoms. The molecule has 2 aliphatic rings. The highest BCUT2D eigenvalue weighted by molar-refractivity contribution is 5.80. The van der Waals surface area contributed by atoms with Crippen LogP contribution in [0.5, 0.6) is 0 Å². The lowest BCUT2D eigenvalue weighted by Gasteiger charge is -2.36. The lowest BCUT2D eigenvalue weighted by atomic mass is 9.79. The number of carbonyl (C=O) groups is 1. The number of likely N-dealkylation sites (N-methyl/N-ethyl adjacent to an activating group) is 1. The van der Waals surface area contributed by atoms with Crippen molar-refractivity contribution in [2.24, 2.45) is 11.8 Å². The topological polar surface area (TPSA) is 70.6 Å². The highest BCUT2D eigenvalue weighted by Gasteiger charge is 2.36. The summed E-state index contributed by atoms with van der Waals surface area (Å²) in [5, 5.41) is 16.5. The van der Waals surface area contributed by atoms with Gasteiger partial charge in [0.05, 0.1) is 24.7 Å². The lowest BCUT2D eigenvalue weighted by molar-refractivity contribution is -0.127. The zero-order valence-corrected chi connectivity index (χ0v) is 11.9. The Balaban J connectivity index is 1.82. The molecule has 5 heteroatoms. The number of hydrogen-bond acceptors (Lipinski definition) is 4. The summed E-state index contributed by atoms with van der Waals surface area (Å²) < 4.78 is 5.33. The SMILES string of the molecule is CNC1COCC1C(=O)NCC1(O)CCCC(C)C1. The molecule has 110 valence electrons. The molecule has 1 aliphatic carbocycles. The van der Waals surface area contributed by atoms with E-state index in [0.29, 0.717) is 25.7 Å². The van der Waals surface area contributed by atoms with Crippen molar-refractivity contribution in [2.75, 3.05) is 26.8 Å². The standard InChI is InChI=1S/C14H26N2O3/c1-10-4-3-5-14(18,6-10)9-16-13(17)11-7-19-8-12(11)15-2/h10-12,15,18H,3-9H2,1-2H3,(H,16,17). The van der Waals surface area contributed by atoms with E-state index in [9.17, 15) is 9.90 Å². The maximum atomic E-state index is 12.1. The van der Waals surface area contributed by atoms with Gasteiger partial charge in [-0.15, -0.1) is 0 Å². The van der Waals surface area contributed by atoms with Crippen molar-refractivity contribution in [1.82, 2.24) is 10.6 Å². The third-order valence-electron chi connectivity index (χ3n) is 4.45. The van der Waals surface area contributed by atoms with Gasteiger partial charge >= 0.3 is 0 Å². The number of rotatable bonds is 4. The van der Waals surface area contributed by atoms with Gasteiger partial charge in [-0.05, 0) is 25.8 Å². The number of nitrogens with one attached hydrogen (secondary N) is 2. The van der Waals surface area contributed by atoms with Crippen molar-refractivity contribution in [2.45, 2.75) is 44.2 Å². The Morgan fingerprint density at radius 1 is 1.47 bits per heavy atom. The van der Waals surface area contributed by atoms with Gasteiger partial charge in [-0.25, -0.2) is 0 Å². The normalized spacial score (nSPS) is 39.2. The zero-order chi connectivity index (χ0) is 13.9. The molecule has 4 atom stereocenters. The van der Waals surface area contributed by atoms with E-state index in [1.165, 1.54) is 6.42 Å². The van der Waals surface area contributed by atoms with Crippen LogP contribution < -0.4 is 10.6 Å². The van der Waals surface area contributed by atoms with E-state index < -0.39 is 5.60 Å². The van der Waals surface area contributed by atoms with Gasteiger partial charge in [-0.1, -0.05) is 19.8 Å². The molecule has 1 aliphatic heterocycles. The van der Waals surface area contributed by atoms with Gasteiger partial charge in [0.1, 0.15) is 0 Å². The van der Waals surface area contributed by atoms with Crippen LogP contribution in [0.1, 0.15) is 32.6 Å². The van der Waals surface area contributed by atoms with E-state index in [0.717, 1.165) is 19.3 Å². The molecule has 1 saturated carbocycles. The Labute approximate surface area is 115 Å². The summed E-state index contributed by atoms with van der Waals surface area (Å²) in [5.74, 6) is 0.383. The molecule has 1 saturated heterocycles. The molecule has 1 heterocycles. The lowest BCUT2D eigenvalue weighted by Crippen LogP contribution is -2.49. The minimum Gasteiger partial charge on any atom is -0.388 e. The highest BCUT2D eigenvalue weighted by Crippen LogP contribution is 2.31. The van der Waals surface area contributed by atoms with Crippen LogP contribution in [-0.4, -0.2) is 49.5 Å². The van der Waals surface area contributed by atoms with Crippen LogP contribution >= 0.6 is 0 Å². The van der Waals surface area contributed by atoms with Gasteiger partial charge in [0, 0.05) is 12.6 Å². The van der Waals surface area contributed by atoms with E-state index in [1.807, 2.05) is 7.05 Å². The molecule has 4 unspecified atom stereocenters. The van der Waals surface area contributed by atoms with Gasteiger partial charge in [-0.3, -0.25) is 4.79 Å². The first-order valence-corrected chi connectivity index (χ1v) is 7.29. The Morgan fingerprint density at radius 2 is 2.26 bits per heavy atom. The van der Waals surface area contributed by atoms with Crippen LogP contribution in [0.3, 0.4) is 0 Å². The number of hydrogen-bond donors (Lipinski definition) is 3. The van der Waals surface area contributed by atoms with E-state index in [-0.39, 0.29) is 17.9 Å². The maximum absolute atomic E-state index is 12.1. The number of ether oxygens (including phenoxy) is 1.